The van der Waals surface area contributed by atoms with Crippen molar-refractivity contribution in [1.82, 2.24) is 10.2 Å². The van der Waals surface area contributed by atoms with Gasteiger partial charge in [0.05, 0.1) is 13.7 Å². The Bertz CT molecular complexity index is 670. The van der Waals surface area contributed by atoms with Crippen molar-refractivity contribution in [3.05, 3.63) is 29.8 Å². The lowest BCUT2D eigenvalue weighted by atomic mass is 9.64. The van der Waals surface area contributed by atoms with Crippen LogP contribution < -0.4 is 10.1 Å². The summed E-state index contributed by atoms with van der Waals surface area (Å²) in [5.41, 5.74) is 0.196. The summed E-state index contributed by atoms with van der Waals surface area (Å²) in [4.78, 5) is 26.9. The molecule has 3 amide bonds. The van der Waals surface area contributed by atoms with E-state index in [1.807, 2.05) is 24.3 Å². The molecule has 1 aliphatic heterocycles. The van der Waals surface area contributed by atoms with Crippen LogP contribution in [0, 0.1) is 11.3 Å². The van der Waals surface area contributed by atoms with Crippen molar-refractivity contribution in [2.24, 2.45) is 11.3 Å². The van der Waals surface area contributed by atoms with Gasteiger partial charge in [-0.3, -0.25) is 9.69 Å². The average Bonchev–Trinajstić information content (AvgIpc) is 2.69. The predicted molar refractivity (Wildman–Crippen MR) is 91.6 cm³/mol. The number of carbonyl (C=O) groups excluding carboxylic acids is 2. The third-order valence-corrected chi connectivity index (χ3v) is 5.10. The maximum absolute atomic E-state index is 13.1. The molecule has 1 aromatic carbocycles. The minimum absolute atomic E-state index is 0.0482. The third-order valence-electron chi connectivity index (χ3n) is 5.10. The van der Waals surface area contributed by atoms with Crippen molar-refractivity contribution in [3.8, 4) is 5.75 Å². The van der Waals surface area contributed by atoms with E-state index in [0.717, 1.165) is 24.2 Å². The third kappa shape index (κ3) is 2.99. The van der Waals surface area contributed by atoms with Gasteiger partial charge in [0.2, 0.25) is 0 Å². The maximum Gasteiger partial charge on any atom is 0.325 e. The Balaban J connectivity index is 1.84. The van der Waals surface area contributed by atoms with Crippen LogP contribution in [0.25, 0.3) is 0 Å². The SMILES string of the molecule is COc1cccc(CN2C(=O)NC3(CC(C)CC(C)(C)C3)C2=O)c1. The lowest BCUT2D eigenvalue weighted by Crippen LogP contribution is -2.54. The second-order valence-corrected chi connectivity index (χ2v) is 8.11. The number of nitrogens with one attached hydrogen (secondary N) is 1. The van der Waals surface area contributed by atoms with Gasteiger partial charge < -0.3 is 10.1 Å². The van der Waals surface area contributed by atoms with Crippen LogP contribution in [0.4, 0.5) is 4.79 Å². The Morgan fingerprint density at radius 1 is 1.29 bits per heavy atom. The number of imide groups is 1. The zero-order valence-corrected chi connectivity index (χ0v) is 14.9. The van der Waals surface area contributed by atoms with Gasteiger partial charge in [0.15, 0.2) is 0 Å². The van der Waals surface area contributed by atoms with Gasteiger partial charge in [0.1, 0.15) is 11.3 Å². The molecule has 2 fully saturated rings. The highest BCUT2D eigenvalue weighted by atomic mass is 16.5. The first-order valence-corrected chi connectivity index (χ1v) is 8.52. The second-order valence-electron chi connectivity index (χ2n) is 8.11. The van der Waals surface area contributed by atoms with E-state index in [0.29, 0.717) is 12.3 Å². The van der Waals surface area contributed by atoms with Gasteiger partial charge in [-0.2, -0.15) is 0 Å². The van der Waals surface area contributed by atoms with Crippen LogP contribution in [0.5, 0.6) is 5.75 Å². The maximum atomic E-state index is 13.1. The molecule has 1 N–H and O–H groups in total. The number of benzene rings is 1. The largest absolute Gasteiger partial charge is 0.497 e. The standard InChI is InChI=1S/C19H26N2O3/c1-13-9-18(2,3)12-19(10-13)16(22)21(17(23)20-19)11-14-6-5-7-15(8-14)24-4/h5-8,13H,9-12H2,1-4H3,(H,20,23). The highest BCUT2D eigenvalue weighted by Gasteiger charge is 2.55. The minimum Gasteiger partial charge on any atom is -0.497 e. The smallest absolute Gasteiger partial charge is 0.325 e. The van der Waals surface area contributed by atoms with Gasteiger partial charge in [-0.15, -0.1) is 0 Å². The number of hydrogen-bond donors (Lipinski definition) is 1. The average molecular weight is 330 g/mol. The Labute approximate surface area is 143 Å². The van der Waals surface area contributed by atoms with E-state index >= 15 is 0 Å². The number of amides is 3. The summed E-state index contributed by atoms with van der Waals surface area (Å²) in [6.45, 7) is 6.79. The number of nitrogens with zero attached hydrogens (tertiary/aromatic N) is 1. The van der Waals surface area contributed by atoms with Gasteiger partial charge in [-0.25, -0.2) is 4.79 Å². The molecule has 5 nitrogen and oxygen atoms in total. The Morgan fingerprint density at radius 2 is 2.04 bits per heavy atom. The van der Waals surface area contributed by atoms with Crippen molar-refractivity contribution in [3.63, 3.8) is 0 Å². The Kier molecular flexibility index (Phi) is 4.06. The molecule has 1 aromatic rings. The first-order valence-electron chi connectivity index (χ1n) is 8.52. The molecule has 0 radical (unpaired) electrons. The minimum atomic E-state index is -0.739. The summed E-state index contributed by atoms with van der Waals surface area (Å²) in [5.74, 6) is 1.05. The van der Waals surface area contributed by atoms with Crippen LogP contribution >= 0.6 is 0 Å². The molecule has 3 rings (SSSR count). The topological polar surface area (TPSA) is 58.6 Å². The van der Waals surface area contributed by atoms with Crippen molar-refractivity contribution >= 4 is 11.9 Å². The lowest BCUT2D eigenvalue weighted by Gasteiger charge is -2.43. The molecule has 1 heterocycles. The second kappa shape index (κ2) is 5.80. The predicted octanol–water partition coefficient (Wildman–Crippen LogP) is 3.33. The molecule has 130 valence electrons. The molecule has 0 aromatic heterocycles. The normalized spacial score (nSPS) is 29.0. The summed E-state index contributed by atoms with van der Waals surface area (Å²) >= 11 is 0. The van der Waals surface area contributed by atoms with E-state index in [2.05, 4.69) is 26.1 Å². The van der Waals surface area contributed by atoms with Crippen LogP contribution in [0.1, 0.15) is 45.6 Å². The van der Waals surface area contributed by atoms with Crippen molar-refractivity contribution in [2.75, 3.05) is 7.11 Å². The number of carbonyl (C=O) groups is 2. The number of ether oxygens (including phenoxy) is 1. The monoisotopic (exact) mass is 330 g/mol. The molecule has 5 heteroatoms. The molecule has 2 unspecified atom stereocenters. The molecule has 1 aliphatic carbocycles. The zero-order chi connectivity index (χ0) is 17.5. The highest BCUT2D eigenvalue weighted by molar-refractivity contribution is 6.07. The van der Waals surface area contributed by atoms with Crippen LogP contribution in [0.3, 0.4) is 0 Å². The van der Waals surface area contributed by atoms with E-state index in [-0.39, 0.29) is 23.9 Å². The fourth-order valence-electron chi connectivity index (χ4n) is 4.60. The van der Waals surface area contributed by atoms with Gasteiger partial charge in [0, 0.05) is 0 Å². The van der Waals surface area contributed by atoms with Crippen molar-refractivity contribution < 1.29 is 14.3 Å². The molecular formula is C19H26N2O3. The van der Waals surface area contributed by atoms with Crippen LogP contribution in [-0.4, -0.2) is 29.5 Å². The fourth-order valence-corrected chi connectivity index (χ4v) is 4.60. The molecule has 2 atom stereocenters. The van der Waals surface area contributed by atoms with E-state index in [4.69, 9.17) is 4.74 Å². The molecule has 0 bridgehead atoms. The van der Waals surface area contributed by atoms with Crippen LogP contribution in [-0.2, 0) is 11.3 Å². The zero-order valence-electron chi connectivity index (χ0n) is 14.9. The number of methoxy groups -OCH3 is 1. The number of rotatable bonds is 3. The number of hydrogen-bond acceptors (Lipinski definition) is 3. The molecule has 2 aliphatic rings. The first-order chi connectivity index (χ1) is 11.2. The molecule has 1 spiro atoms. The van der Waals surface area contributed by atoms with Crippen LogP contribution in [0.2, 0.25) is 0 Å². The van der Waals surface area contributed by atoms with E-state index in [1.54, 1.807) is 7.11 Å². The first kappa shape index (κ1) is 16.8. The molecule has 1 saturated carbocycles. The van der Waals surface area contributed by atoms with Gasteiger partial charge in [0.25, 0.3) is 5.91 Å². The van der Waals surface area contributed by atoms with Gasteiger partial charge in [-0.05, 0) is 48.3 Å². The summed E-state index contributed by atoms with van der Waals surface area (Å²) in [6.07, 6.45) is 2.49. The van der Waals surface area contributed by atoms with E-state index < -0.39 is 5.54 Å². The van der Waals surface area contributed by atoms with Crippen LogP contribution in [0.15, 0.2) is 24.3 Å². The number of urea groups is 1. The Hall–Kier alpha value is -2.04. The van der Waals surface area contributed by atoms with E-state index in [9.17, 15) is 9.59 Å². The van der Waals surface area contributed by atoms with Crippen molar-refractivity contribution in [1.29, 1.82) is 0 Å². The summed E-state index contributed by atoms with van der Waals surface area (Å²) < 4.78 is 5.22. The quantitative estimate of drug-likeness (QED) is 0.865. The highest BCUT2D eigenvalue weighted by Crippen LogP contribution is 2.46. The van der Waals surface area contributed by atoms with E-state index in [1.165, 1.54) is 4.90 Å². The van der Waals surface area contributed by atoms with Crippen molar-refractivity contribution in [2.45, 2.75) is 52.1 Å². The summed E-state index contributed by atoms with van der Waals surface area (Å²) in [7, 11) is 1.60. The molecule has 24 heavy (non-hydrogen) atoms. The molecular weight excluding hydrogens is 304 g/mol. The fraction of sp³-hybridized carbons (Fsp3) is 0.579. The molecule has 1 saturated heterocycles. The van der Waals surface area contributed by atoms with Gasteiger partial charge >= 0.3 is 6.03 Å². The summed E-state index contributed by atoms with van der Waals surface area (Å²) in [5, 5.41) is 3.01. The Morgan fingerprint density at radius 3 is 2.71 bits per heavy atom. The lowest BCUT2D eigenvalue weighted by molar-refractivity contribution is -0.135. The summed E-state index contributed by atoms with van der Waals surface area (Å²) in [6, 6.07) is 7.20. The van der Waals surface area contributed by atoms with Gasteiger partial charge in [-0.1, -0.05) is 32.9 Å².